The van der Waals surface area contributed by atoms with Crippen molar-refractivity contribution < 1.29 is 9.63 Å². The van der Waals surface area contributed by atoms with Gasteiger partial charge in [0.05, 0.1) is 22.3 Å². The van der Waals surface area contributed by atoms with Crippen LogP contribution in [-0.2, 0) is 9.63 Å². The molecular formula is C14H18Cl2N2O2. The molecule has 0 radical (unpaired) electrons. The first kappa shape index (κ1) is 15.6. The molecule has 110 valence electrons. The Balaban J connectivity index is 2.06. The average molecular weight is 317 g/mol. The molecule has 0 bridgehead atoms. The summed E-state index contributed by atoms with van der Waals surface area (Å²) in [4.78, 5) is 17.4. The van der Waals surface area contributed by atoms with Crippen LogP contribution in [0.15, 0.2) is 18.2 Å². The highest BCUT2D eigenvalue weighted by molar-refractivity contribution is 6.42. The number of amides is 1. The molecule has 1 aromatic carbocycles. The quantitative estimate of drug-likeness (QED) is 0.866. The van der Waals surface area contributed by atoms with Crippen molar-refractivity contribution >= 4 is 34.8 Å². The van der Waals surface area contributed by atoms with Gasteiger partial charge in [-0.2, -0.15) is 5.06 Å². The van der Waals surface area contributed by atoms with Crippen molar-refractivity contribution in [3.8, 4) is 0 Å². The minimum absolute atomic E-state index is 0.151. The number of rotatable bonds is 4. The fraction of sp³-hybridized carbons (Fsp3) is 0.500. The van der Waals surface area contributed by atoms with Crippen LogP contribution in [0.2, 0.25) is 10.0 Å². The maximum absolute atomic E-state index is 11.7. The molecular weight excluding hydrogens is 299 g/mol. The highest BCUT2D eigenvalue weighted by Crippen LogP contribution is 2.29. The lowest BCUT2D eigenvalue weighted by molar-refractivity contribution is -0.124. The Morgan fingerprint density at radius 2 is 2.15 bits per heavy atom. The molecule has 2 N–H and O–H groups in total. The van der Waals surface area contributed by atoms with Crippen LogP contribution in [0.5, 0.6) is 0 Å². The summed E-state index contributed by atoms with van der Waals surface area (Å²) in [5.74, 6) is 0.0783. The van der Waals surface area contributed by atoms with Gasteiger partial charge in [0, 0.05) is 13.0 Å². The lowest BCUT2D eigenvalue weighted by atomic mass is 10.1. The average Bonchev–Trinajstić information content (AvgIpc) is 2.79. The maximum Gasteiger partial charge on any atom is 0.247 e. The van der Waals surface area contributed by atoms with Crippen LogP contribution < -0.4 is 10.8 Å². The van der Waals surface area contributed by atoms with E-state index in [1.54, 1.807) is 18.2 Å². The molecule has 2 unspecified atom stereocenters. The van der Waals surface area contributed by atoms with Crippen molar-refractivity contribution in [2.75, 3.05) is 11.7 Å². The predicted molar refractivity (Wildman–Crippen MR) is 80.9 cm³/mol. The van der Waals surface area contributed by atoms with Gasteiger partial charge < -0.3 is 5.73 Å². The summed E-state index contributed by atoms with van der Waals surface area (Å²) in [7, 11) is 0. The molecule has 0 spiro atoms. The number of nitrogens with two attached hydrogens (primary N) is 1. The van der Waals surface area contributed by atoms with E-state index in [1.807, 2.05) is 0 Å². The molecule has 6 heteroatoms. The van der Waals surface area contributed by atoms with Crippen LogP contribution in [0.3, 0.4) is 0 Å². The molecule has 0 aromatic heterocycles. The van der Waals surface area contributed by atoms with Gasteiger partial charge in [-0.1, -0.05) is 29.6 Å². The Morgan fingerprint density at radius 3 is 2.70 bits per heavy atom. The fourth-order valence-corrected chi connectivity index (χ4v) is 2.69. The Morgan fingerprint density at radius 1 is 1.40 bits per heavy atom. The highest BCUT2D eigenvalue weighted by atomic mass is 35.5. The standard InChI is InChI=1S/C14H18Cl2N2O2/c1-9(19)18(11-5-6-12(15)13(16)7-11)20-8-10-3-2-4-14(10)17/h5-7,10,14H,2-4,8,17H2,1H3. The first-order chi connectivity index (χ1) is 9.49. The number of hydroxylamine groups is 1. The molecule has 20 heavy (non-hydrogen) atoms. The fourth-order valence-electron chi connectivity index (χ4n) is 2.40. The number of hydrogen-bond acceptors (Lipinski definition) is 3. The SMILES string of the molecule is CC(=O)N(OCC1CCCC1N)c1ccc(Cl)c(Cl)c1. The Hall–Kier alpha value is -0.810. The minimum atomic E-state index is -0.213. The van der Waals surface area contributed by atoms with Gasteiger partial charge in [-0.25, -0.2) is 0 Å². The van der Waals surface area contributed by atoms with Crippen molar-refractivity contribution in [2.24, 2.45) is 11.7 Å². The third-order valence-corrected chi connectivity index (χ3v) is 4.30. The smallest absolute Gasteiger partial charge is 0.247 e. The molecule has 0 aliphatic heterocycles. The monoisotopic (exact) mass is 316 g/mol. The van der Waals surface area contributed by atoms with Crippen LogP contribution in [0.4, 0.5) is 5.69 Å². The Labute approximate surface area is 128 Å². The molecule has 4 nitrogen and oxygen atoms in total. The summed E-state index contributed by atoms with van der Waals surface area (Å²) in [6, 6.07) is 5.10. The lowest BCUT2D eigenvalue weighted by Crippen LogP contribution is -2.34. The number of nitrogens with zero attached hydrogens (tertiary/aromatic N) is 1. The summed E-state index contributed by atoms with van der Waals surface area (Å²) in [5, 5.41) is 2.07. The van der Waals surface area contributed by atoms with Crippen LogP contribution in [-0.4, -0.2) is 18.6 Å². The molecule has 1 aliphatic carbocycles. The van der Waals surface area contributed by atoms with Gasteiger partial charge in [0.2, 0.25) is 5.91 Å². The number of halogens is 2. The van der Waals surface area contributed by atoms with Gasteiger partial charge in [0.15, 0.2) is 0 Å². The van der Waals surface area contributed by atoms with E-state index in [4.69, 9.17) is 33.8 Å². The zero-order valence-corrected chi connectivity index (χ0v) is 12.8. The van der Waals surface area contributed by atoms with Gasteiger partial charge in [0.25, 0.3) is 0 Å². The van der Waals surface area contributed by atoms with Gasteiger partial charge in [-0.15, -0.1) is 0 Å². The molecule has 0 saturated heterocycles. The number of hydrogen-bond donors (Lipinski definition) is 1. The minimum Gasteiger partial charge on any atom is -0.327 e. The summed E-state index contributed by atoms with van der Waals surface area (Å²) in [6.45, 7) is 1.87. The van der Waals surface area contributed by atoms with Crippen molar-refractivity contribution in [3.63, 3.8) is 0 Å². The second kappa shape index (κ2) is 6.76. The predicted octanol–water partition coefficient (Wildman–Crippen LogP) is 3.41. The number of carbonyl (C=O) groups is 1. The van der Waals surface area contributed by atoms with E-state index in [1.165, 1.54) is 12.0 Å². The zero-order chi connectivity index (χ0) is 14.7. The molecule has 1 aromatic rings. The van der Waals surface area contributed by atoms with Gasteiger partial charge >= 0.3 is 0 Å². The molecule has 2 rings (SSSR count). The molecule has 2 atom stereocenters. The van der Waals surface area contributed by atoms with E-state index in [-0.39, 0.29) is 11.9 Å². The first-order valence-corrected chi connectivity index (χ1v) is 7.39. The number of carbonyl (C=O) groups excluding carboxylic acids is 1. The van der Waals surface area contributed by atoms with Crippen LogP contribution in [0.1, 0.15) is 26.2 Å². The van der Waals surface area contributed by atoms with Gasteiger partial charge in [-0.3, -0.25) is 9.63 Å². The molecule has 1 saturated carbocycles. The number of anilines is 1. The third kappa shape index (κ3) is 3.64. The van der Waals surface area contributed by atoms with Gasteiger partial charge in [-0.05, 0) is 37.0 Å². The second-order valence-corrected chi connectivity index (χ2v) is 5.88. The van der Waals surface area contributed by atoms with Crippen LogP contribution in [0, 0.1) is 5.92 Å². The summed E-state index contributed by atoms with van der Waals surface area (Å²) >= 11 is 11.8. The van der Waals surface area contributed by atoms with E-state index < -0.39 is 0 Å². The maximum atomic E-state index is 11.7. The van der Waals surface area contributed by atoms with E-state index in [0.717, 1.165) is 19.3 Å². The van der Waals surface area contributed by atoms with Crippen LogP contribution >= 0.6 is 23.2 Å². The zero-order valence-electron chi connectivity index (χ0n) is 11.3. The topological polar surface area (TPSA) is 55.6 Å². The number of benzene rings is 1. The van der Waals surface area contributed by atoms with Gasteiger partial charge in [0.1, 0.15) is 0 Å². The molecule has 1 fully saturated rings. The van der Waals surface area contributed by atoms with E-state index >= 15 is 0 Å². The first-order valence-electron chi connectivity index (χ1n) is 6.63. The van der Waals surface area contributed by atoms with Crippen molar-refractivity contribution in [1.82, 2.24) is 0 Å². The molecule has 1 amide bonds. The van der Waals surface area contributed by atoms with Crippen LogP contribution in [0.25, 0.3) is 0 Å². The third-order valence-electron chi connectivity index (χ3n) is 3.56. The van der Waals surface area contributed by atoms with Crippen molar-refractivity contribution in [2.45, 2.75) is 32.2 Å². The second-order valence-electron chi connectivity index (χ2n) is 5.06. The summed E-state index contributed by atoms with van der Waals surface area (Å²) in [5.41, 5.74) is 6.57. The largest absolute Gasteiger partial charge is 0.327 e. The van der Waals surface area contributed by atoms with E-state index in [0.29, 0.717) is 28.3 Å². The van der Waals surface area contributed by atoms with E-state index in [9.17, 15) is 4.79 Å². The normalized spacial score (nSPS) is 22.0. The van der Waals surface area contributed by atoms with Crippen molar-refractivity contribution in [3.05, 3.63) is 28.2 Å². The molecule has 0 heterocycles. The lowest BCUT2D eigenvalue weighted by Gasteiger charge is -2.24. The Bertz CT molecular complexity index is 496. The van der Waals surface area contributed by atoms with Crippen molar-refractivity contribution in [1.29, 1.82) is 0 Å². The summed E-state index contributed by atoms with van der Waals surface area (Å²) in [6.07, 6.45) is 3.16. The molecule has 1 aliphatic rings. The Kier molecular flexibility index (Phi) is 5.27. The van der Waals surface area contributed by atoms with E-state index in [2.05, 4.69) is 0 Å². The summed E-state index contributed by atoms with van der Waals surface area (Å²) < 4.78 is 0. The highest BCUT2D eigenvalue weighted by Gasteiger charge is 2.26.